The van der Waals surface area contributed by atoms with E-state index in [2.05, 4.69) is 11.8 Å². The van der Waals surface area contributed by atoms with Gasteiger partial charge in [0.2, 0.25) is 0 Å². The number of nitrogens with zero attached hydrogens (tertiary/aromatic N) is 1. The monoisotopic (exact) mass is 255 g/mol. The average molecular weight is 255 g/mol. The summed E-state index contributed by atoms with van der Waals surface area (Å²) in [6.45, 7) is 6.23. The standard InChI is InChI=1S/C15H29NO2/c1-2-18-14-8-6-10-16(12-14)11-13-7-4-3-5-9-15(13)17/h13-15,17H,2-12H2,1H3. The summed E-state index contributed by atoms with van der Waals surface area (Å²) >= 11 is 0. The second-order valence-electron chi connectivity index (χ2n) is 5.94. The first-order valence-corrected chi connectivity index (χ1v) is 7.81. The number of likely N-dealkylation sites (tertiary alicyclic amines) is 1. The lowest BCUT2D eigenvalue weighted by atomic mass is 9.95. The Balaban J connectivity index is 1.80. The molecule has 1 saturated carbocycles. The van der Waals surface area contributed by atoms with Crippen LogP contribution in [0.2, 0.25) is 0 Å². The third kappa shape index (κ3) is 4.22. The van der Waals surface area contributed by atoms with E-state index >= 15 is 0 Å². The Labute approximate surface area is 112 Å². The molecule has 1 aliphatic carbocycles. The van der Waals surface area contributed by atoms with Gasteiger partial charge in [0.1, 0.15) is 0 Å². The van der Waals surface area contributed by atoms with E-state index in [4.69, 9.17) is 4.74 Å². The van der Waals surface area contributed by atoms with Gasteiger partial charge >= 0.3 is 0 Å². The minimum Gasteiger partial charge on any atom is -0.393 e. The predicted molar refractivity (Wildman–Crippen MR) is 73.7 cm³/mol. The first-order chi connectivity index (χ1) is 8.79. The lowest BCUT2D eigenvalue weighted by Gasteiger charge is -2.35. The third-order valence-corrected chi connectivity index (χ3v) is 4.48. The van der Waals surface area contributed by atoms with E-state index in [-0.39, 0.29) is 6.10 Å². The fraction of sp³-hybridized carbons (Fsp3) is 1.00. The van der Waals surface area contributed by atoms with Crippen molar-refractivity contribution >= 4 is 0 Å². The van der Waals surface area contributed by atoms with E-state index in [9.17, 15) is 5.11 Å². The van der Waals surface area contributed by atoms with Crippen LogP contribution < -0.4 is 0 Å². The maximum atomic E-state index is 10.2. The fourth-order valence-electron chi connectivity index (χ4n) is 3.46. The molecular weight excluding hydrogens is 226 g/mol. The second-order valence-corrected chi connectivity index (χ2v) is 5.94. The van der Waals surface area contributed by atoms with Gasteiger partial charge in [-0.15, -0.1) is 0 Å². The zero-order valence-electron chi connectivity index (χ0n) is 11.8. The van der Waals surface area contributed by atoms with Crippen LogP contribution in [0.1, 0.15) is 51.9 Å². The van der Waals surface area contributed by atoms with Gasteiger partial charge in [0.25, 0.3) is 0 Å². The number of rotatable bonds is 4. The first-order valence-electron chi connectivity index (χ1n) is 7.81. The van der Waals surface area contributed by atoms with Crippen LogP contribution in [0.4, 0.5) is 0 Å². The molecule has 1 aliphatic heterocycles. The number of aliphatic hydroxyl groups excluding tert-OH is 1. The summed E-state index contributed by atoms with van der Waals surface area (Å²) in [5.74, 6) is 0.493. The second kappa shape index (κ2) is 7.46. The van der Waals surface area contributed by atoms with Crippen molar-refractivity contribution in [2.45, 2.75) is 64.1 Å². The Hall–Kier alpha value is -0.120. The van der Waals surface area contributed by atoms with Gasteiger partial charge in [-0.25, -0.2) is 0 Å². The smallest absolute Gasteiger partial charge is 0.0702 e. The van der Waals surface area contributed by atoms with Crippen LogP contribution >= 0.6 is 0 Å². The molecule has 3 atom stereocenters. The van der Waals surface area contributed by atoms with Crippen molar-refractivity contribution in [1.82, 2.24) is 4.90 Å². The molecule has 0 aromatic heterocycles. The van der Waals surface area contributed by atoms with Gasteiger partial charge in [0.15, 0.2) is 0 Å². The molecule has 1 heterocycles. The Morgan fingerprint density at radius 3 is 2.78 bits per heavy atom. The van der Waals surface area contributed by atoms with Crippen LogP contribution in [0.5, 0.6) is 0 Å². The van der Waals surface area contributed by atoms with Gasteiger partial charge in [0.05, 0.1) is 12.2 Å². The van der Waals surface area contributed by atoms with Crippen LogP contribution in [0, 0.1) is 5.92 Å². The van der Waals surface area contributed by atoms with E-state index in [0.717, 1.165) is 26.1 Å². The molecule has 0 aromatic carbocycles. The molecule has 2 rings (SSSR count). The topological polar surface area (TPSA) is 32.7 Å². The maximum absolute atomic E-state index is 10.2. The molecule has 0 radical (unpaired) electrons. The van der Waals surface area contributed by atoms with E-state index < -0.39 is 0 Å². The molecule has 2 fully saturated rings. The first kappa shape index (κ1) is 14.3. The van der Waals surface area contributed by atoms with Gasteiger partial charge in [0, 0.05) is 19.7 Å². The molecule has 3 nitrogen and oxygen atoms in total. The van der Waals surface area contributed by atoms with Crippen LogP contribution in [-0.2, 0) is 4.74 Å². The van der Waals surface area contributed by atoms with Crippen LogP contribution in [0.15, 0.2) is 0 Å². The minimum atomic E-state index is -0.0695. The van der Waals surface area contributed by atoms with Gasteiger partial charge in [-0.05, 0) is 45.1 Å². The van der Waals surface area contributed by atoms with Crippen LogP contribution in [-0.4, -0.2) is 48.5 Å². The highest BCUT2D eigenvalue weighted by Crippen LogP contribution is 2.25. The highest BCUT2D eigenvalue weighted by atomic mass is 16.5. The minimum absolute atomic E-state index is 0.0695. The molecule has 18 heavy (non-hydrogen) atoms. The molecule has 0 amide bonds. The highest BCUT2D eigenvalue weighted by molar-refractivity contribution is 4.80. The summed E-state index contributed by atoms with van der Waals surface area (Å²) < 4.78 is 5.75. The van der Waals surface area contributed by atoms with Crippen molar-refractivity contribution in [1.29, 1.82) is 0 Å². The Morgan fingerprint density at radius 2 is 1.94 bits per heavy atom. The van der Waals surface area contributed by atoms with Crippen molar-refractivity contribution in [3.05, 3.63) is 0 Å². The molecule has 0 spiro atoms. The molecule has 2 aliphatic rings. The van der Waals surface area contributed by atoms with E-state index in [1.807, 2.05) is 0 Å². The molecule has 0 aromatic rings. The summed E-state index contributed by atoms with van der Waals surface area (Å²) in [6, 6.07) is 0. The summed E-state index contributed by atoms with van der Waals surface area (Å²) in [6.07, 6.45) is 8.82. The average Bonchev–Trinajstić information content (AvgIpc) is 2.56. The van der Waals surface area contributed by atoms with Gasteiger partial charge in [-0.3, -0.25) is 0 Å². The van der Waals surface area contributed by atoms with Crippen molar-refractivity contribution in [2.24, 2.45) is 5.92 Å². The van der Waals surface area contributed by atoms with Crippen LogP contribution in [0.3, 0.4) is 0 Å². The maximum Gasteiger partial charge on any atom is 0.0702 e. The molecule has 106 valence electrons. The van der Waals surface area contributed by atoms with E-state index in [1.165, 1.54) is 45.1 Å². The van der Waals surface area contributed by atoms with E-state index in [0.29, 0.717) is 12.0 Å². The van der Waals surface area contributed by atoms with Crippen molar-refractivity contribution in [3.63, 3.8) is 0 Å². The summed E-state index contributed by atoms with van der Waals surface area (Å²) in [5, 5.41) is 10.2. The predicted octanol–water partition coefficient (Wildman–Crippen LogP) is 2.43. The lowest BCUT2D eigenvalue weighted by molar-refractivity contribution is -0.00844. The Kier molecular flexibility index (Phi) is 5.93. The van der Waals surface area contributed by atoms with E-state index in [1.54, 1.807) is 0 Å². The molecule has 0 bridgehead atoms. The summed E-state index contributed by atoms with van der Waals surface area (Å²) in [5.41, 5.74) is 0. The largest absolute Gasteiger partial charge is 0.393 e. The van der Waals surface area contributed by atoms with Crippen LogP contribution in [0.25, 0.3) is 0 Å². The Morgan fingerprint density at radius 1 is 1.11 bits per heavy atom. The molecule has 1 saturated heterocycles. The molecule has 1 N–H and O–H groups in total. The molecule has 3 heteroatoms. The SMILES string of the molecule is CCOC1CCCN(CC2CCCCCC2O)C1. The van der Waals surface area contributed by atoms with Crippen molar-refractivity contribution < 1.29 is 9.84 Å². The highest BCUT2D eigenvalue weighted by Gasteiger charge is 2.27. The number of hydrogen-bond donors (Lipinski definition) is 1. The van der Waals surface area contributed by atoms with Crippen molar-refractivity contribution in [2.75, 3.05) is 26.2 Å². The summed E-state index contributed by atoms with van der Waals surface area (Å²) in [4.78, 5) is 2.52. The van der Waals surface area contributed by atoms with Gasteiger partial charge in [-0.1, -0.05) is 19.3 Å². The Bertz CT molecular complexity index is 233. The lowest BCUT2D eigenvalue weighted by Crippen LogP contribution is -2.43. The zero-order chi connectivity index (χ0) is 12.8. The quantitative estimate of drug-likeness (QED) is 0.783. The number of aliphatic hydroxyl groups is 1. The molecule has 3 unspecified atom stereocenters. The fourth-order valence-corrected chi connectivity index (χ4v) is 3.46. The zero-order valence-corrected chi connectivity index (χ0v) is 11.8. The number of hydrogen-bond acceptors (Lipinski definition) is 3. The summed E-state index contributed by atoms with van der Waals surface area (Å²) in [7, 11) is 0. The van der Waals surface area contributed by atoms with Crippen molar-refractivity contribution in [3.8, 4) is 0 Å². The van der Waals surface area contributed by atoms with Gasteiger partial charge in [-0.2, -0.15) is 0 Å². The normalized spacial score (nSPS) is 35.3. The van der Waals surface area contributed by atoms with Gasteiger partial charge < -0.3 is 14.7 Å². The molecular formula is C15H29NO2. The third-order valence-electron chi connectivity index (χ3n) is 4.48. The number of piperidine rings is 1. The number of ether oxygens (including phenoxy) is 1.